The van der Waals surface area contributed by atoms with Crippen molar-refractivity contribution in [3.8, 4) is 5.75 Å². The van der Waals surface area contributed by atoms with Crippen LogP contribution in [0.5, 0.6) is 5.75 Å². The third kappa shape index (κ3) is 5.33. The van der Waals surface area contributed by atoms with Crippen LogP contribution in [0.15, 0.2) is 24.3 Å². The lowest BCUT2D eigenvalue weighted by molar-refractivity contribution is 0.320. The summed E-state index contributed by atoms with van der Waals surface area (Å²) in [6, 6.07) is 7.96. The molecule has 3 nitrogen and oxygen atoms in total. The first-order chi connectivity index (χ1) is 8.13. The molecule has 0 radical (unpaired) electrons. The summed E-state index contributed by atoms with van der Waals surface area (Å²) in [5, 5.41) is 8.60. The fourth-order valence-electron chi connectivity index (χ4n) is 1.41. The molecule has 0 bridgehead atoms. The fourth-order valence-corrected chi connectivity index (χ4v) is 2.08. The van der Waals surface area contributed by atoms with E-state index in [1.807, 2.05) is 24.3 Å². The molecule has 1 aromatic rings. The summed E-state index contributed by atoms with van der Waals surface area (Å²) >= 11 is 0. The van der Waals surface area contributed by atoms with Crippen LogP contribution in [-0.4, -0.2) is 34.0 Å². The van der Waals surface area contributed by atoms with Gasteiger partial charge in [0.1, 0.15) is 5.75 Å². The quantitative estimate of drug-likeness (QED) is 0.811. The minimum absolute atomic E-state index is 0.0320. The number of benzene rings is 1. The fraction of sp³-hybridized carbons (Fsp3) is 0.538. The van der Waals surface area contributed by atoms with Gasteiger partial charge in [0.15, 0.2) is 0 Å². The Balaban J connectivity index is 2.35. The molecular weight excluding hydrogens is 236 g/mol. The summed E-state index contributed by atoms with van der Waals surface area (Å²) in [6.45, 7) is 4.69. The van der Waals surface area contributed by atoms with Gasteiger partial charge in [-0.1, -0.05) is 26.0 Å². The number of aliphatic hydroxyl groups excluding tert-OH is 1. The molecule has 4 heteroatoms. The van der Waals surface area contributed by atoms with E-state index < -0.39 is 10.8 Å². The van der Waals surface area contributed by atoms with Crippen molar-refractivity contribution in [1.82, 2.24) is 0 Å². The molecule has 0 saturated carbocycles. The number of aliphatic hydroxyl groups is 1. The lowest BCUT2D eigenvalue weighted by Crippen LogP contribution is -2.12. The lowest BCUT2D eigenvalue weighted by Gasteiger charge is -2.08. The summed E-state index contributed by atoms with van der Waals surface area (Å²) in [5.74, 6) is 2.11. The van der Waals surface area contributed by atoms with E-state index in [4.69, 9.17) is 9.84 Å². The van der Waals surface area contributed by atoms with Crippen LogP contribution in [0.2, 0.25) is 0 Å². The predicted molar refractivity (Wildman–Crippen MR) is 71.0 cm³/mol. The van der Waals surface area contributed by atoms with Crippen molar-refractivity contribution >= 4 is 10.8 Å². The molecule has 0 spiro atoms. The van der Waals surface area contributed by atoms with E-state index in [2.05, 4.69) is 13.8 Å². The molecule has 1 unspecified atom stereocenters. The second-order valence-electron chi connectivity index (χ2n) is 4.14. The monoisotopic (exact) mass is 256 g/mol. The van der Waals surface area contributed by atoms with Crippen LogP contribution in [-0.2, 0) is 10.8 Å². The standard InChI is InChI=1S/C13H20O3S/c1-11(2)12-3-5-13(6-4-12)16-8-10-17(15)9-7-14/h3-6,11,14H,7-10H2,1-2H3. The molecule has 1 aromatic carbocycles. The predicted octanol–water partition coefficient (Wildman–Crippen LogP) is 1.93. The Morgan fingerprint density at radius 2 is 1.88 bits per heavy atom. The average molecular weight is 256 g/mol. The maximum absolute atomic E-state index is 11.2. The van der Waals surface area contributed by atoms with Crippen molar-refractivity contribution < 1.29 is 14.1 Å². The summed E-state index contributed by atoms with van der Waals surface area (Å²) in [6.07, 6.45) is 0. The van der Waals surface area contributed by atoms with Crippen LogP contribution in [0, 0.1) is 0 Å². The zero-order chi connectivity index (χ0) is 12.7. The van der Waals surface area contributed by atoms with Gasteiger partial charge in [-0.15, -0.1) is 0 Å². The van der Waals surface area contributed by atoms with Crippen molar-refractivity contribution in [2.75, 3.05) is 24.7 Å². The highest BCUT2D eigenvalue weighted by molar-refractivity contribution is 7.85. The maximum Gasteiger partial charge on any atom is 0.119 e. The van der Waals surface area contributed by atoms with Crippen molar-refractivity contribution in [2.45, 2.75) is 19.8 Å². The first kappa shape index (κ1) is 14.2. The normalized spacial score (nSPS) is 12.7. The van der Waals surface area contributed by atoms with Gasteiger partial charge in [-0.2, -0.15) is 0 Å². The molecule has 96 valence electrons. The molecule has 0 heterocycles. The van der Waals surface area contributed by atoms with Gasteiger partial charge in [-0.3, -0.25) is 4.21 Å². The van der Waals surface area contributed by atoms with E-state index in [0.717, 1.165) is 5.75 Å². The Bertz CT molecular complexity index is 346. The number of hydrogen-bond acceptors (Lipinski definition) is 3. The van der Waals surface area contributed by atoms with E-state index in [0.29, 0.717) is 24.0 Å². The summed E-state index contributed by atoms with van der Waals surface area (Å²) in [4.78, 5) is 0. The van der Waals surface area contributed by atoms with E-state index in [-0.39, 0.29) is 6.61 Å². The molecule has 0 aliphatic rings. The van der Waals surface area contributed by atoms with Crippen molar-refractivity contribution in [1.29, 1.82) is 0 Å². The van der Waals surface area contributed by atoms with E-state index in [1.54, 1.807) is 0 Å². The molecule has 1 rings (SSSR count). The summed E-state index contributed by atoms with van der Waals surface area (Å²) < 4.78 is 16.7. The number of rotatable bonds is 7. The zero-order valence-electron chi connectivity index (χ0n) is 10.4. The van der Waals surface area contributed by atoms with Gasteiger partial charge in [-0.05, 0) is 23.6 Å². The van der Waals surface area contributed by atoms with Crippen LogP contribution in [0.4, 0.5) is 0 Å². The van der Waals surface area contributed by atoms with Gasteiger partial charge in [0.2, 0.25) is 0 Å². The first-order valence-corrected chi connectivity index (χ1v) is 7.31. The molecule has 0 aliphatic heterocycles. The van der Waals surface area contributed by atoms with Gasteiger partial charge in [0, 0.05) is 16.6 Å². The largest absolute Gasteiger partial charge is 0.493 e. The molecule has 17 heavy (non-hydrogen) atoms. The highest BCUT2D eigenvalue weighted by atomic mass is 32.2. The van der Waals surface area contributed by atoms with Gasteiger partial charge >= 0.3 is 0 Å². The number of hydrogen-bond donors (Lipinski definition) is 1. The molecule has 1 atom stereocenters. The van der Waals surface area contributed by atoms with E-state index in [1.165, 1.54) is 5.56 Å². The second-order valence-corrected chi connectivity index (χ2v) is 5.84. The van der Waals surface area contributed by atoms with Crippen LogP contribution >= 0.6 is 0 Å². The third-order valence-electron chi connectivity index (χ3n) is 2.45. The van der Waals surface area contributed by atoms with Crippen LogP contribution < -0.4 is 4.74 Å². The lowest BCUT2D eigenvalue weighted by atomic mass is 10.0. The minimum Gasteiger partial charge on any atom is -0.493 e. The Morgan fingerprint density at radius 1 is 1.24 bits per heavy atom. The third-order valence-corrected chi connectivity index (χ3v) is 3.71. The topological polar surface area (TPSA) is 46.5 Å². The van der Waals surface area contributed by atoms with Gasteiger partial charge < -0.3 is 9.84 Å². The van der Waals surface area contributed by atoms with Crippen LogP contribution in [0.3, 0.4) is 0 Å². The minimum atomic E-state index is -0.980. The van der Waals surface area contributed by atoms with Crippen LogP contribution in [0.1, 0.15) is 25.3 Å². The van der Waals surface area contributed by atoms with Gasteiger partial charge in [-0.25, -0.2) is 0 Å². The molecule has 1 N–H and O–H groups in total. The van der Waals surface area contributed by atoms with Crippen molar-refractivity contribution in [3.63, 3.8) is 0 Å². The van der Waals surface area contributed by atoms with Crippen molar-refractivity contribution in [2.24, 2.45) is 0 Å². The molecule has 0 saturated heterocycles. The van der Waals surface area contributed by atoms with Gasteiger partial charge in [0.05, 0.1) is 19.0 Å². The molecule has 0 aliphatic carbocycles. The Hall–Kier alpha value is -0.870. The Kier molecular flexibility index (Phi) is 6.22. The summed E-state index contributed by atoms with van der Waals surface area (Å²) in [7, 11) is -0.980. The smallest absolute Gasteiger partial charge is 0.119 e. The zero-order valence-corrected chi connectivity index (χ0v) is 11.2. The Labute approximate surface area is 105 Å². The average Bonchev–Trinajstić information content (AvgIpc) is 2.30. The molecule has 0 aromatic heterocycles. The molecule has 0 fully saturated rings. The molecule has 0 amide bonds. The van der Waals surface area contributed by atoms with E-state index in [9.17, 15) is 4.21 Å². The Morgan fingerprint density at radius 3 is 2.41 bits per heavy atom. The van der Waals surface area contributed by atoms with Gasteiger partial charge in [0.25, 0.3) is 0 Å². The highest BCUT2D eigenvalue weighted by Crippen LogP contribution is 2.18. The summed E-state index contributed by atoms with van der Waals surface area (Å²) in [5.41, 5.74) is 1.28. The highest BCUT2D eigenvalue weighted by Gasteiger charge is 2.01. The second kappa shape index (κ2) is 7.45. The maximum atomic E-state index is 11.2. The van der Waals surface area contributed by atoms with Crippen molar-refractivity contribution in [3.05, 3.63) is 29.8 Å². The van der Waals surface area contributed by atoms with Crippen LogP contribution in [0.25, 0.3) is 0 Å². The van der Waals surface area contributed by atoms with E-state index >= 15 is 0 Å². The number of ether oxygens (including phenoxy) is 1. The molecular formula is C13H20O3S. The first-order valence-electron chi connectivity index (χ1n) is 5.82. The SMILES string of the molecule is CC(C)c1ccc(OCCS(=O)CCO)cc1.